The fourth-order valence-electron chi connectivity index (χ4n) is 2.98. The normalized spacial score (nSPS) is 23.7. The van der Waals surface area contributed by atoms with E-state index in [0.29, 0.717) is 32.2 Å². The van der Waals surface area contributed by atoms with E-state index in [9.17, 15) is 9.59 Å². The molecule has 0 aromatic heterocycles. The molecule has 6 heteroatoms. The smallest absolute Gasteiger partial charge is 0.236 e. The van der Waals surface area contributed by atoms with Gasteiger partial charge in [0.25, 0.3) is 0 Å². The van der Waals surface area contributed by atoms with Gasteiger partial charge >= 0.3 is 0 Å². The van der Waals surface area contributed by atoms with Gasteiger partial charge in [0.1, 0.15) is 0 Å². The molecule has 2 rings (SSSR count). The number of amides is 2. The van der Waals surface area contributed by atoms with Crippen LogP contribution in [0.1, 0.15) is 32.1 Å². The van der Waals surface area contributed by atoms with Crippen molar-refractivity contribution < 1.29 is 14.7 Å². The molecule has 1 unspecified atom stereocenters. The zero-order chi connectivity index (χ0) is 14.5. The van der Waals surface area contributed by atoms with E-state index >= 15 is 0 Å². The quantitative estimate of drug-likeness (QED) is 0.692. The van der Waals surface area contributed by atoms with E-state index in [1.54, 1.807) is 4.90 Å². The molecule has 2 fully saturated rings. The summed E-state index contributed by atoms with van der Waals surface area (Å²) in [5.41, 5.74) is 5.34. The SMILES string of the molecule is NC(=O)C1CCCN(C(=O)CN(CCO)C2CCC2)C1. The number of likely N-dealkylation sites (tertiary alicyclic amines) is 1. The van der Waals surface area contributed by atoms with Crippen LogP contribution in [0.4, 0.5) is 0 Å². The summed E-state index contributed by atoms with van der Waals surface area (Å²) in [7, 11) is 0. The van der Waals surface area contributed by atoms with Crippen LogP contribution in [0.25, 0.3) is 0 Å². The number of aliphatic hydroxyl groups is 1. The van der Waals surface area contributed by atoms with Gasteiger partial charge in [-0.2, -0.15) is 0 Å². The molecule has 6 nitrogen and oxygen atoms in total. The second-order valence-corrected chi connectivity index (χ2v) is 5.86. The van der Waals surface area contributed by atoms with Gasteiger partial charge in [-0.25, -0.2) is 0 Å². The third-order valence-corrected chi connectivity index (χ3v) is 4.49. The Bertz CT molecular complexity index is 358. The summed E-state index contributed by atoms with van der Waals surface area (Å²) < 4.78 is 0. The van der Waals surface area contributed by atoms with E-state index in [1.807, 2.05) is 0 Å². The Morgan fingerprint density at radius 3 is 2.55 bits per heavy atom. The van der Waals surface area contributed by atoms with E-state index in [4.69, 9.17) is 10.8 Å². The lowest BCUT2D eigenvalue weighted by atomic mass is 9.91. The molecule has 20 heavy (non-hydrogen) atoms. The molecular formula is C14H25N3O3. The maximum Gasteiger partial charge on any atom is 0.236 e. The molecular weight excluding hydrogens is 258 g/mol. The van der Waals surface area contributed by atoms with Crippen molar-refractivity contribution in [1.29, 1.82) is 0 Å². The second kappa shape index (κ2) is 7.04. The highest BCUT2D eigenvalue weighted by Gasteiger charge is 2.30. The number of carbonyl (C=O) groups excluding carboxylic acids is 2. The van der Waals surface area contributed by atoms with Gasteiger partial charge in [-0.15, -0.1) is 0 Å². The molecule has 0 aromatic carbocycles. The van der Waals surface area contributed by atoms with Crippen LogP contribution in [0, 0.1) is 5.92 Å². The van der Waals surface area contributed by atoms with Crippen LogP contribution in [0.5, 0.6) is 0 Å². The minimum absolute atomic E-state index is 0.0521. The first kappa shape index (κ1) is 15.3. The van der Waals surface area contributed by atoms with Gasteiger partial charge in [0.2, 0.25) is 11.8 Å². The minimum Gasteiger partial charge on any atom is -0.395 e. The van der Waals surface area contributed by atoms with Crippen LogP contribution in [0.2, 0.25) is 0 Å². The highest BCUT2D eigenvalue weighted by molar-refractivity contribution is 5.81. The zero-order valence-electron chi connectivity index (χ0n) is 12.0. The van der Waals surface area contributed by atoms with E-state index in [1.165, 1.54) is 6.42 Å². The molecule has 0 radical (unpaired) electrons. The lowest BCUT2D eigenvalue weighted by molar-refractivity contribution is -0.137. The van der Waals surface area contributed by atoms with Crippen LogP contribution in [-0.2, 0) is 9.59 Å². The Kier molecular flexibility index (Phi) is 5.37. The summed E-state index contributed by atoms with van der Waals surface area (Å²) in [4.78, 5) is 27.4. The monoisotopic (exact) mass is 283 g/mol. The molecule has 1 aliphatic carbocycles. The van der Waals surface area contributed by atoms with Crippen molar-refractivity contribution >= 4 is 11.8 Å². The Morgan fingerprint density at radius 2 is 2.00 bits per heavy atom. The largest absolute Gasteiger partial charge is 0.395 e. The summed E-state index contributed by atoms with van der Waals surface area (Å²) in [5.74, 6) is -0.465. The van der Waals surface area contributed by atoms with Gasteiger partial charge in [-0.1, -0.05) is 6.42 Å². The molecule has 0 bridgehead atoms. The van der Waals surface area contributed by atoms with Crippen molar-refractivity contribution in [2.75, 3.05) is 32.8 Å². The summed E-state index contributed by atoms with van der Waals surface area (Å²) in [6.45, 7) is 2.12. The van der Waals surface area contributed by atoms with Crippen LogP contribution in [-0.4, -0.2) is 65.5 Å². The average Bonchev–Trinajstić information content (AvgIpc) is 2.37. The van der Waals surface area contributed by atoms with Gasteiger partial charge in [0.05, 0.1) is 19.1 Å². The van der Waals surface area contributed by atoms with Crippen molar-refractivity contribution in [3.05, 3.63) is 0 Å². The second-order valence-electron chi connectivity index (χ2n) is 5.86. The highest BCUT2D eigenvalue weighted by Crippen LogP contribution is 2.25. The fraction of sp³-hybridized carbons (Fsp3) is 0.857. The van der Waals surface area contributed by atoms with E-state index < -0.39 is 0 Å². The Hall–Kier alpha value is -1.14. The molecule has 114 valence electrons. The third kappa shape index (κ3) is 3.70. The predicted molar refractivity (Wildman–Crippen MR) is 74.8 cm³/mol. The van der Waals surface area contributed by atoms with E-state index in [2.05, 4.69) is 4.90 Å². The van der Waals surface area contributed by atoms with Gasteiger partial charge in [-0.05, 0) is 25.7 Å². The molecule has 1 aliphatic heterocycles. The summed E-state index contributed by atoms with van der Waals surface area (Å²) in [5, 5.41) is 9.12. The van der Waals surface area contributed by atoms with Crippen molar-refractivity contribution in [2.45, 2.75) is 38.1 Å². The lowest BCUT2D eigenvalue weighted by Crippen LogP contribution is -2.51. The van der Waals surface area contributed by atoms with Gasteiger partial charge in [-0.3, -0.25) is 14.5 Å². The van der Waals surface area contributed by atoms with Crippen molar-refractivity contribution in [1.82, 2.24) is 9.80 Å². The van der Waals surface area contributed by atoms with Crippen molar-refractivity contribution in [2.24, 2.45) is 11.7 Å². The number of nitrogens with two attached hydrogens (primary N) is 1. The van der Waals surface area contributed by atoms with Crippen LogP contribution in [0.15, 0.2) is 0 Å². The number of piperidine rings is 1. The maximum atomic E-state index is 12.3. The maximum absolute atomic E-state index is 12.3. The van der Waals surface area contributed by atoms with Gasteiger partial charge in [0.15, 0.2) is 0 Å². The zero-order valence-corrected chi connectivity index (χ0v) is 12.0. The molecule has 0 spiro atoms. The Labute approximate surface area is 119 Å². The highest BCUT2D eigenvalue weighted by atomic mass is 16.3. The molecule has 0 aromatic rings. The molecule has 1 heterocycles. The number of nitrogens with zero attached hydrogens (tertiary/aromatic N) is 2. The first-order valence-electron chi connectivity index (χ1n) is 7.54. The van der Waals surface area contributed by atoms with Crippen LogP contribution < -0.4 is 5.73 Å². The summed E-state index contributed by atoms with van der Waals surface area (Å²) in [6, 6.07) is 0.433. The molecule has 1 atom stereocenters. The van der Waals surface area contributed by atoms with Crippen LogP contribution in [0.3, 0.4) is 0 Å². The topological polar surface area (TPSA) is 86.9 Å². The molecule has 1 saturated heterocycles. The number of hydrogen-bond acceptors (Lipinski definition) is 4. The average molecular weight is 283 g/mol. The van der Waals surface area contributed by atoms with E-state index in [0.717, 1.165) is 25.7 Å². The molecule has 3 N–H and O–H groups in total. The van der Waals surface area contributed by atoms with Crippen LogP contribution >= 0.6 is 0 Å². The van der Waals surface area contributed by atoms with Gasteiger partial charge in [0, 0.05) is 25.7 Å². The third-order valence-electron chi connectivity index (χ3n) is 4.49. The Balaban J connectivity index is 1.87. The number of aliphatic hydroxyl groups excluding tert-OH is 1. The van der Waals surface area contributed by atoms with Gasteiger partial charge < -0.3 is 15.7 Å². The number of hydrogen-bond donors (Lipinski definition) is 2. The standard InChI is InChI=1S/C14H25N3O3/c15-14(20)11-3-2-6-17(9-11)13(19)10-16(7-8-18)12-4-1-5-12/h11-12,18H,1-10H2,(H2,15,20). The van der Waals surface area contributed by atoms with Crippen molar-refractivity contribution in [3.8, 4) is 0 Å². The first-order valence-corrected chi connectivity index (χ1v) is 7.54. The lowest BCUT2D eigenvalue weighted by Gasteiger charge is -2.39. The number of primary amides is 1. The number of rotatable bonds is 6. The van der Waals surface area contributed by atoms with Crippen molar-refractivity contribution in [3.63, 3.8) is 0 Å². The summed E-state index contributed by atoms with van der Waals surface area (Å²) >= 11 is 0. The molecule has 2 amide bonds. The Morgan fingerprint density at radius 1 is 1.25 bits per heavy atom. The number of carbonyl (C=O) groups is 2. The molecule has 1 saturated carbocycles. The summed E-state index contributed by atoms with van der Waals surface area (Å²) in [6.07, 6.45) is 5.04. The minimum atomic E-state index is -0.311. The predicted octanol–water partition coefficient (Wildman–Crippen LogP) is -0.443. The fourth-order valence-corrected chi connectivity index (χ4v) is 2.98. The van der Waals surface area contributed by atoms with E-state index in [-0.39, 0.29) is 24.3 Å². The molecule has 2 aliphatic rings. The first-order chi connectivity index (χ1) is 9.61.